The van der Waals surface area contributed by atoms with Crippen molar-refractivity contribution in [2.45, 2.75) is 0 Å². The van der Waals surface area contributed by atoms with E-state index in [0.29, 0.717) is 0 Å². The summed E-state index contributed by atoms with van der Waals surface area (Å²) in [6.07, 6.45) is 0. The molecule has 0 unspecified atom stereocenters. The molecule has 6 nitrogen and oxygen atoms in total. The predicted molar refractivity (Wildman–Crippen MR) is 98.3 cm³/mol. The topological polar surface area (TPSA) is 90.7 Å². The molecule has 134 valence electrons. The van der Waals surface area contributed by atoms with Crippen LogP contribution < -0.4 is 20.5 Å². The average Bonchev–Trinajstić information content (AvgIpc) is 2.64. The standard InChI is InChI=1S/C19H17ClN2O4/c1-25-16-11-14(10-15(20)18(16)26-12-17(21)23)19(24)22-9-5-8-13-6-3-2-4-7-13/h2-4,6-7,10-11H,9,12H2,1H3,(H2,21,23)(H,22,24). The molecule has 7 heteroatoms. The third-order valence-electron chi connectivity index (χ3n) is 3.19. The molecule has 0 atom stereocenters. The highest BCUT2D eigenvalue weighted by atomic mass is 35.5. The third-order valence-corrected chi connectivity index (χ3v) is 3.47. The number of hydrogen-bond donors (Lipinski definition) is 2. The number of carbonyl (C=O) groups excluding carboxylic acids is 2. The Morgan fingerprint density at radius 2 is 1.96 bits per heavy atom. The summed E-state index contributed by atoms with van der Waals surface area (Å²) in [6, 6.07) is 12.3. The van der Waals surface area contributed by atoms with Gasteiger partial charge in [0.05, 0.1) is 18.7 Å². The summed E-state index contributed by atoms with van der Waals surface area (Å²) in [6.45, 7) is -0.176. The number of nitrogens with one attached hydrogen (secondary N) is 1. The normalized spacial score (nSPS) is 9.62. The van der Waals surface area contributed by atoms with Crippen LogP contribution in [0.15, 0.2) is 42.5 Å². The number of halogens is 1. The van der Waals surface area contributed by atoms with E-state index in [0.717, 1.165) is 5.56 Å². The van der Waals surface area contributed by atoms with Crippen LogP contribution in [0.1, 0.15) is 15.9 Å². The first-order valence-electron chi connectivity index (χ1n) is 7.62. The van der Waals surface area contributed by atoms with E-state index < -0.39 is 5.91 Å². The Labute approximate surface area is 156 Å². The van der Waals surface area contributed by atoms with Crippen molar-refractivity contribution in [3.05, 3.63) is 58.6 Å². The van der Waals surface area contributed by atoms with E-state index in [2.05, 4.69) is 17.2 Å². The molecule has 0 aromatic heterocycles. The smallest absolute Gasteiger partial charge is 0.255 e. The number of ether oxygens (including phenoxy) is 2. The van der Waals surface area contributed by atoms with Gasteiger partial charge in [-0.3, -0.25) is 9.59 Å². The minimum absolute atomic E-state index is 0.131. The molecule has 0 spiro atoms. The van der Waals surface area contributed by atoms with Gasteiger partial charge in [-0.1, -0.05) is 41.6 Å². The first kappa shape index (κ1) is 19.2. The molecule has 0 radical (unpaired) electrons. The Morgan fingerprint density at radius 3 is 2.62 bits per heavy atom. The van der Waals surface area contributed by atoms with Crippen LogP contribution in [0, 0.1) is 11.8 Å². The summed E-state index contributed by atoms with van der Waals surface area (Å²) < 4.78 is 10.4. The molecule has 0 aliphatic heterocycles. The van der Waals surface area contributed by atoms with Crippen molar-refractivity contribution in [2.24, 2.45) is 5.73 Å². The molecule has 0 fully saturated rings. The van der Waals surface area contributed by atoms with Gasteiger partial charge in [-0.15, -0.1) is 0 Å². The van der Waals surface area contributed by atoms with Gasteiger partial charge in [-0.25, -0.2) is 0 Å². The fourth-order valence-corrected chi connectivity index (χ4v) is 2.29. The maximum Gasteiger partial charge on any atom is 0.255 e. The maximum atomic E-state index is 12.2. The zero-order valence-corrected chi connectivity index (χ0v) is 14.8. The highest BCUT2D eigenvalue weighted by Gasteiger charge is 2.16. The van der Waals surface area contributed by atoms with Gasteiger partial charge in [0.15, 0.2) is 18.1 Å². The number of carbonyl (C=O) groups is 2. The molecule has 0 saturated carbocycles. The zero-order valence-electron chi connectivity index (χ0n) is 14.0. The third kappa shape index (κ3) is 5.43. The highest BCUT2D eigenvalue weighted by molar-refractivity contribution is 6.32. The van der Waals surface area contributed by atoms with Crippen molar-refractivity contribution >= 4 is 23.4 Å². The lowest BCUT2D eigenvalue weighted by atomic mass is 10.2. The Hall–Kier alpha value is -3.17. The molecule has 2 aromatic rings. The van der Waals surface area contributed by atoms with E-state index in [1.54, 1.807) is 0 Å². The van der Waals surface area contributed by atoms with Crippen molar-refractivity contribution < 1.29 is 19.1 Å². The summed E-state index contributed by atoms with van der Waals surface area (Å²) in [5.74, 6) is 5.16. The Kier molecular flexibility index (Phi) is 6.89. The van der Waals surface area contributed by atoms with Crippen molar-refractivity contribution in [3.63, 3.8) is 0 Å². The van der Waals surface area contributed by atoms with Crippen molar-refractivity contribution in [1.82, 2.24) is 5.32 Å². The molecule has 2 aromatic carbocycles. The van der Waals surface area contributed by atoms with Crippen LogP contribution >= 0.6 is 11.6 Å². The van der Waals surface area contributed by atoms with Gasteiger partial charge >= 0.3 is 0 Å². The lowest BCUT2D eigenvalue weighted by Gasteiger charge is -2.13. The Bertz CT molecular complexity index is 857. The molecule has 0 aliphatic carbocycles. The first-order chi connectivity index (χ1) is 12.5. The molecule has 0 heterocycles. The van der Waals surface area contributed by atoms with Crippen LogP contribution in [0.2, 0.25) is 5.02 Å². The van der Waals surface area contributed by atoms with Crippen LogP contribution in [-0.2, 0) is 4.79 Å². The zero-order chi connectivity index (χ0) is 18.9. The van der Waals surface area contributed by atoms with Crippen molar-refractivity contribution in [1.29, 1.82) is 0 Å². The Morgan fingerprint density at radius 1 is 1.23 bits per heavy atom. The largest absolute Gasteiger partial charge is 0.493 e. The maximum absolute atomic E-state index is 12.2. The number of benzene rings is 2. The molecular weight excluding hydrogens is 356 g/mol. The quantitative estimate of drug-likeness (QED) is 0.759. The van der Waals surface area contributed by atoms with Gasteiger partial charge in [0, 0.05) is 11.1 Å². The number of nitrogens with two attached hydrogens (primary N) is 1. The van der Waals surface area contributed by atoms with Crippen molar-refractivity contribution in [2.75, 3.05) is 20.3 Å². The van der Waals surface area contributed by atoms with E-state index in [9.17, 15) is 9.59 Å². The lowest BCUT2D eigenvalue weighted by molar-refractivity contribution is -0.119. The molecule has 26 heavy (non-hydrogen) atoms. The Balaban J connectivity index is 2.05. The molecule has 3 N–H and O–H groups in total. The lowest BCUT2D eigenvalue weighted by Crippen LogP contribution is -2.24. The van der Waals surface area contributed by atoms with E-state index in [-0.39, 0.29) is 41.1 Å². The number of primary amides is 1. The SMILES string of the molecule is COc1cc(C(=O)NCC#Cc2ccccc2)cc(Cl)c1OCC(N)=O. The van der Waals surface area contributed by atoms with E-state index >= 15 is 0 Å². The monoisotopic (exact) mass is 372 g/mol. The minimum atomic E-state index is -0.651. The number of rotatable bonds is 6. The first-order valence-corrected chi connectivity index (χ1v) is 8.00. The van der Waals surface area contributed by atoms with Gasteiger partial charge in [0.1, 0.15) is 0 Å². The summed E-state index contributed by atoms with van der Waals surface area (Å²) in [4.78, 5) is 23.1. The van der Waals surface area contributed by atoms with Gasteiger partial charge in [-0.05, 0) is 24.3 Å². The number of methoxy groups -OCH3 is 1. The van der Waals surface area contributed by atoms with Crippen LogP contribution in [-0.4, -0.2) is 32.1 Å². The molecule has 0 bridgehead atoms. The molecule has 2 rings (SSSR count). The van der Waals surface area contributed by atoms with Crippen molar-refractivity contribution in [3.8, 4) is 23.3 Å². The van der Waals surface area contributed by atoms with Gasteiger partial charge < -0.3 is 20.5 Å². The fraction of sp³-hybridized carbons (Fsp3) is 0.158. The summed E-state index contributed by atoms with van der Waals surface area (Å²) in [7, 11) is 1.40. The van der Waals surface area contributed by atoms with Gasteiger partial charge in [0.25, 0.3) is 11.8 Å². The van der Waals surface area contributed by atoms with Crippen LogP contribution in [0.3, 0.4) is 0 Å². The van der Waals surface area contributed by atoms with E-state index in [4.69, 9.17) is 26.8 Å². The number of hydrogen-bond acceptors (Lipinski definition) is 4. The van der Waals surface area contributed by atoms with Crippen LogP contribution in [0.25, 0.3) is 0 Å². The summed E-state index contributed by atoms with van der Waals surface area (Å²) >= 11 is 6.12. The molecule has 2 amide bonds. The molecule has 0 aliphatic rings. The van der Waals surface area contributed by atoms with E-state index in [1.165, 1.54) is 19.2 Å². The minimum Gasteiger partial charge on any atom is -0.493 e. The van der Waals surface area contributed by atoms with Gasteiger partial charge in [0.2, 0.25) is 0 Å². The summed E-state index contributed by atoms with van der Waals surface area (Å²) in [5, 5.41) is 2.81. The fourth-order valence-electron chi connectivity index (χ4n) is 2.03. The molecule has 0 saturated heterocycles. The van der Waals surface area contributed by atoms with Crippen LogP contribution in [0.5, 0.6) is 11.5 Å². The second kappa shape index (κ2) is 9.35. The molecular formula is C19H17ClN2O4. The van der Waals surface area contributed by atoms with Gasteiger partial charge in [-0.2, -0.15) is 0 Å². The van der Waals surface area contributed by atoms with E-state index in [1.807, 2.05) is 30.3 Å². The summed E-state index contributed by atoms with van der Waals surface area (Å²) in [5.41, 5.74) is 6.19. The number of amides is 2. The van der Waals surface area contributed by atoms with Crippen LogP contribution in [0.4, 0.5) is 0 Å². The average molecular weight is 373 g/mol. The highest BCUT2D eigenvalue weighted by Crippen LogP contribution is 2.36. The second-order valence-corrected chi connectivity index (χ2v) is 5.50. The predicted octanol–water partition coefficient (Wildman–Crippen LogP) is 1.99. The second-order valence-electron chi connectivity index (χ2n) is 5.09.